The third kappa shape index (κ3) is 4.49. The van der Waals surface area contributed by atoms with Gasteiger partial charge < -0.3 is 10.1 Å². The normalized spacial score (nSPS) is 13.1. The van der Waals surface area contributed by atoms with Gasteiger partial charge in [0.05, 0.1) is 26.6 Å². The second-order valence-corrected chi connectivity index (χ2v) is 7.31. The van der Waals surface area contributed by atoms with E-state index in [-0.39, 0.29) is 33.2 Å². The Bertz CT molecular complexity index is 618. The van der Waals surface area contributed by atoms with Crippen LogP contribution in [0.4, 0.5) is 0 Å². The van der Waals surface area contributed by atoms with E-state index in [1.54, 1.807) is 6.92 Å². The molecule has 0 saturated heterocycles. The van der Waals surface area contributed by atoms with Crippen LogP contribution in [0.2, 0.25) is 10.0 Å². The average molecular weight is 361 g/mol. The number of amides is 1. The molecular weight excluding hydrogens is 349 g/mol. The lowest BCUT2D eigenvalue weighted by atomic mass is 10.2. The molecule has 1 amide bonds. The molecule has 5 nitrogen and oxygen atoms in total. The largest absolute Gasteiger partial charge is 0.380 e. The Hall–Kier alpha value is -0.530. The highest BCUT2D eigenvalue weighted by Crippen LogP contribution is 2.30. The molecule has 0 heterocycles. The molecule has 0 aliphatic heterocycles. The first-order valence-corrected chi connectivity index (χ1v) is 8.48. The standard InChI is InChI=1S/C11H12Cl3NO4S/c1-6(19-2)5-15-11(16)8-3-7(20(14,17)18)4-9(12)10(8)13/h3-4,6H,5H2,1-2H3,(H,15,16). The number of hydrogen-bond acceptors (Lipinski definition) is 4. The van der Waals surface area contributed by atoms with E-state index in [1.807, 2.05) is 0 Å². The molecule has 112 valence electrons. The molecule has 0 aromatic heterocycles. The molecule has 1 N–H and O–H groups in total. The number of hydrogen-bond donors (Lipinski definition) is 1. The van der Waals surface area contributed by atoms with Gasteiger partial charge in [0.2, 0.25) is 0 Å². The molecule has 0 bridgehead atoms. The van der Waals surface area contributed by atoms with Crippen molar-refractivity contribution < 1.29 is 17.9 Å². The lowest BCUT2D eigenvalue weighted by molar-refractivity contribution is 0.0870. The van der Waals surface area contributed by atoms with Crippen LogP contribution in [-0.2, 0) is 13.8 Å². The molecule has 1 atom stereocenters. The summed E-state index contributed by atoms with van der Waals surface area (Å²) in [5.74, 6) is -0.567. The first kappa shape index (κ1) is 17.5. The molecule has 0 aliphatic carbocycles. The number of nitrogens with one attached hydrogen (secondary N) is 1. The summed E-state index contributed by atoms with van der Waals surface area (Å²) in [6, 6.07) is 2.16. The summed E-state index contributed by atoms with van der Waals surface area (Å²) in [6.45, 7) is 2.00. The van der Waals surface area contributed by atoms with E-state index < -0.39 is 15.0 Å². The number of rotatable bonds is 5. The fraction of sp³-hybridized carbons (Fsp3) is 0.364. The van der Waals surface area contributed by atoms with Gasteiger partial charge in [-0.2, -0.15) is 0 Å². The van der Waals surface area contributed by atoms with Crippen LogP contribution in [0.25, 0.3) is 0 Å². The summed E-state index contributed by atoms with van der Waals surface area (Å²) in [5, 5.41) is 2.44. The predicted molar refractivity (Wildman–Crippen MR) is 78.3 cm³/mol. The number of benzene rings is 1. The Morgan fingerprint density at radius 1 is 1.40 bits per heavy atom. The number of carbonyl (C=O) groups excluding carboxylic acids is 1. The lowest BCUT2D eigenvalue weighted by Crippen LogP contribution is -2.31. The van der Waals surface area contributed by atoms with Crippen LogP contribution in [0.5, 0.6) is 0 Å². The molecule has 0 aliphatic rings. The quantitative estimate of drug-likeness (QED) is 0.819. The van der Waals surface area contributed by atoms with Gasteiger partial charge in [0.1, 0.15) is 0 Å². The molecule has 0 saturated carbocycles. The number of carbonyl (C=O) groups is 1. The molecule has 0 spiro atoms. The maximum Gasteiger partial charge on any atom is 0.261 e. The summed E-state index contributed by atoms with van der Waals surface area (Å²) in [5.41, 5.74) is -0.0679. The maximum atomic E-state index is 12.0. The van der Waals surface area contributed by atoms with Crippen LogP contribution in [0.1, 0.15) is 17.3 Å². The van der Waals surface area contributed by atoms with Crippen molar-refractivity contribution in [2.45, 2.75) is 17.9 Å². The molecule has 0 radical (unpaired) electrons. The van der Waals surface area contributed by atoms with Crippen molar-refractivity contribution in [1.29, 1.82) is 0 Å². The maximum absolute atomic E-state index is 12.0. The molecular formula is C11H12Cl3NO4S. The second-order valence-electron chi connectivity index (χ2n) is 3.96. The van der Waals surface area contributed by atoms with Crippen molar-refractivity contribution in [1.82, 2.24) is 5.32 Å². The van der Waals surface area contributed by atoms with E-state index in [9.17, 15) is 13.2 Å². The van der Waals surface area contributed by atoms with Gasteiger partial charge in [-0.25, -0.2) is 8.42 Å². The minimum absolute atomic E-state index is 0.0432. The molecule has 20 heavy (non-hydrogen) atoms. The van der Waals surface area contributed by atoms with Crippen LogP contribution >= 0.6 is 33.9 Å². The predicted octanol–water partition coefficient (Wildman–Crippen LogP) is 2.69. The number of halogens is 3. The minimum Gasteiger partial charge on any atom is -0.380 e. The zero-order valence-electron chi connectivity index (χ0n) is 10.6. The van der Waals surface area contributed by atoms with Gasteiger partial charge in [0.25, 0.3) is 15.0 Å². The summed E-state index contributed by atoms with van der Waals surface area (Å²) >= 11 is 11.7. The van der Waals surface area contributed by atoms with E-state index in [2.05, 4.69) is 5.32 Å². The van der Waals surface area contributed by atoms with E-state index in [0.29, 0.717) is 0 Å². The lowest BCUT2D eigenvalue weighted by Gasteiger charge is -2.12. The van der Waals surface area contributed by atoms with Crippen molar-refractivity contribution in [2.24, 2.45) is 0 Å². The van der Waals surface area contributed by atoms with Gasteiger partial charge in [-0.15, -0.1) is 0 Å². The van der Waals surface area contributed by atoms with E-state index in [4.69, 9.17) is 38.6 Å². The third-order valence-electron chi connectivity index (χ3n) is 2.48. The fourth-order valence-corrected chi connectivity index (χ4v) is 2.55. The molecule has 0 fully saturated rings. The summed E-state index contributed by atoms with van der Waals surface area (Å²) in [6.07, 6.45) is -0.201. The monoisotopic (exact) mass is 359 g/mol. The first-order chi connectivity index (χ1) is 9.16. The minimum atomic E-state index is -4.01. The molecule has 1 aromatic carbocycles. The van der Waals surface area contributed by atoms with Crippen molar-refractivity contribution in [3.63, 3.8) is 0 Å². The van der Waals surface area contributed by atoms with Crippen LogP contribution < -0.4 is 5.32 Å². The van der Waals surface area contributed by atoms with Gasteiger partial charge in [-0.05, 0) is 19.1 Å². The molecule has 1 aromatic rings. The van der Waals surface area contributed by atoms with Crippen LogP contribution in [0.15, 0.2) is 17.0 Å². The van der Waals surface area contributed by atoms with Crippen molar-refractivity contribution in [3.05, 3.63) is 27.7 Å². The Labute approximate surface area is 131 Å². The molecule has 9 heteroatoms. The topological polar surface area (TPSA) is 72.5 Å². The van der Waals surface area contributed by atoms with Crippen molar-refractivity contribution in [2.75, 3.05) is 13.7 Å². The van der Waals surface area contributed by atoms with E-state index in [1.165, 1.54) is 7.11 Å². The Kier molecular flexibility index (Phi) is 6.09. The first-order valence-electron chi connectivity index (χ1n) is 5.41. The summed E-state index contributed by atoms with van der Waals surface area (Å²) < 4.78 is 27.6. The smallest absolute Gasteiger partial charge is 0.261 e. The second kappa shape index (κ2) is 6.95. The van der Waals surface area contributed by atoms with Crippen LogP contribution in [0.3, 0.4) is 0 Å². The molecule has 1 rings (SSSR count). The highest BCUT2D eigenvalue weighted by Gasteiger charge is 2.20. The van der Waals surface area contributed by atoms with E-state index >= 15 is 0 Å². The highest BCUT2D eigenvalue weighted by molar-refractivity contribution is 8.13. The van der Waals surface area contributed by atoms with Crippen LogP contribution in [-0.4, -0.2) is 34.1 Å². The van der Waals surface area contributed by atoms with Gasteiger partial charge in [-0.3, -0.25) is 4.79 Å². The number of ether oxygens (including phenoxy) is 1. The highest BCUT2D eigenvalue weighted by atomic mass is 35.7. The summed E-state index contributed by atoms with van der Waals surface area (Å²) in [7, 11) is 2.72. The van der Waals surface area contributed by atoms with Crippen LogP contribution in [0, 0.1) is 0 Å². The Morgan fingerprint density at radius 3 is 2.50 bits per heavy atom. The van der Waals surface area contributed by atoms with Gasteiger partial charge in [0.15, 0.2) is 0 Å². The number of methoxy groups -OCH3 is 1. The van der Waals surface area contributed by atoms with Gasteiger partial charge >= 0.3 is 0 Å². The van der Waals surface area contributed by atoms with Gasteiger partial charge in [0, 0.05) is 24.3 Å². The van der Waals surface area contributed by atoms with E-state index in [0.717, 1.165) is 12.1 Å². The van der Waals surface area contributed by atoms with Crippen molar-refractivity contribution >= 4 is 48.8 Å². The van der Waals surface area contributed by atoms with Crippen molar-refractivity contribution in [3.8, 4) is 0 Å². The molecule has 1 unspecified atom stereocenters. The van der Waals surface area contributed by atoms with Gasteiger partial charge in [-0.1, -0.05) is 23.2 Å². The Balaban J connectivity index is 3.11. The average Bonchev–Trinajstić information content (AvgIpc) is 2.37. The third-order valence-corrected chi connectivity index (χ3v) is 4.62. The fourth-order valence-electron chi connectivity index (χ4n) is 1.29. The Morgan fingerprint density at radius 2 is 2.00 bits per heavy atom. The zero-order valence-corrected chi connectivity index (χ0v) is 13.7. The zero-order chi connectivity index (χ0) is 15.5. The SMILES string of the molecule is COC(C)CNC(=O)c1cc(S(=O)(=O)Cl)cc(Cl)c1Cl. The summed E-state index contributed by atoms with van der Waals surface area (Å²) in [4.78, 5) is 11.7.